The van der Waals surface area contributed by atoms with Crippen LogP contribution in [0.3, 0.4) is 0 Å². The molecule has 0 aliphatic carbocycles. The minimum absolute atomic E-state index is 0.180. The molecule has 0 atom stereocenters. The van der Waals surface area contributed by atoms with Crippen LogP contribution in [-0.4, -0.2) is 23.9 Å². The van der Waals surface area contributed by atoms with Crippen molar-refractivity contribution < 1.29 is 28.7 Å². The molecule has 0 saturated heterocycles. The van der Waals surface area contributed by atoms with Gasteiger partial charge in [-0.2, -0.15) is 0 Å². The van der Waals surface area contributed by atoms with E-state index in [2.05, 4.69) is 13.8 Å². The molecule has 0 aromatic heterocycles. The minimum Gasteiger partial charge on any atom is -0.390 e. The summed E-state index contributed by atoms with van der Waals surface area (Å²) in [5, 5.41) is 0. The molecule has 0 spiro atoms. The number of hydrogen-bond donors (Lipinski definition) is 0. The highest BCUT2D eigenvalue weighted by molar-refractivity contribution is 5.98. The van der Waals surface area contributed by atoms with Crippen LogP contribution in [0.2, 0.25) is 0 Å². The molecule has 0 heterocycles. The van der Waals surface area contributed by atoms with Crippen molar-refractivity contribution in [3.8, 4) is 0 Å². The van der Waals surface area contributed by atoms with Crippen molar-refractivity contribution in [3.63, 3.8) is 0 Å². The quantitative estimate of drug-likeness (QED) is 0.0357. The second-order valence-electron chi connectivity index (χ2n) is 11.9. The maximum absolute atomic E-state index is 11.8. The summed E-state index contributed by atoms with van der Waals surface area (Å²) in [4.78, 5) is 47.2. The molecule has 0 radical (unpaired) electrons. The van der Waals surface area contributed by atoms with Gasteiger partial charge in [-0.1, -0.05) is 168 Å². The van der Waals surface area contributed by atoms with E-state index < -0.39 is 23.9 Å². The Bertz CT molecular complexity index is 641. The molecule has 0 saturated carbocycles. The number of carbonyl (C=O) groups is 4. The molecule has 0 aromatic carbocycles. The summed E-state index contributed by atoms with van der Waals surface area (Å²) in [5.41, 5.74) is 0. The summed E-state index contributed by atoms with van der Waals surface area (Å²) in [6, 6.07) is 0. The normalized spacial score (nSPS) is 11.2. The molecule has 0 amide bonds. The van der Waals surface area contributed by atoms with E-state index in [1.165, 1.54) is 128 Å². The van der Waals surface area contributed by atoms with Gasteiger partial charge in [-0.15, -0.1) is 0 Å². The molecular weight excluding hydrogens is 528 g/mol. The fourth-order valence-corrected chi connectivity index (χ4v) is 5.10. The molecule has 0 aliphatic heterocycles. The van der Waals surface area contributed by atoms with Gasteiger partial charge in [0.15, 0.2) is 0 Å². The lowest BCUT2D eigenvalue weighted by molar-refractivity contribution is -0.159. The van der Waals surface area contributed by atoms with Gasteiger partial charge >= 0.3 is 23.9 Å². The first kappa shape index (κ1) is 40.0. The number of hydrogen-bond acceptors (Lipinski definition) is 6. The first-order valence-electron chi connectivity index (χ1n) is 17.7. The van der Waals surface area contributed by atoms with E-state index in [1.54, 1.807) is 0 Å². The molecule has 0 aromatic rings. The fraction of sp³-hybridized carbons (Fsp3) is 0.833. The van der Waals surface area contributed by atoms with Gasteiger partial charge in [0.25, 0.3) is 0 Å². The van der Waals surface area contributed by atoms with Gasteiger partial charge in [0.1, 0.15) is 0 Å². The fourth-order valence-electron chi connectivity index (χ4n) is 5.10. The van der Waals surface area contributed by atoms with Gasteiger partial charge in [0, 0.05) is 25.0 Å². The Hall–Kier alpha value is -1.98. The summed E-state index contributed by atoms with van der Waals surface area (Å²) >= 11 is 0. The highest BCUT2D eigenvalue weighted by Crippen LogP contribution is 2.14. The lowest BCUT2D eigenvalue weighted by atomic mass is 10.0. The van der Waals surface area contributed by atoms with Crippen molar-refractivity contribution >= 4 is 23.9 Å². The monoisotopic (exact) mass is 592 g/mol. The number of unbranched alkanes of at least 4 members (excludes halogenated alkanes) is 24. The maximum Gasteiger partial charge on any atom is 0.338 e. The predicted octanol–water partition coefficient (Wildman–Crippen LogP) is 10.6. The third-order valence-electron chi connectivity index (χ3n) is 7.75. The SMILES string of the molecule is CCCCCCCCCCCCCCCC(=O)OC(=O)C=CC(=O)OC(=O)CCCCCCCCCCCCCCC. The van der Waals surface area contributed by atoms with Gasteiger partial charge in [0.05, 0.1) is 0 Å². The lowest BCUT2D eigenvalue weighted by Crippen LogP contribution is -2.12. The van der Waals surface area contributed by atoms with Gasteiger partial charge in [-0.3, -0.25) is 9.59 Å². The second-order valence-corrected chi connectivity index (χ2v) is 11.9. The molecule has 0 fully saturated rings. The molecule has 0 N–H and O–H groups in total. The zero-order chi connectivity index (χ0) is 30.9. The minimum atomic E-state index is -0.921. The van der Waals surface area contributed by atoms with Crippen LogP contribution in [0.1, 0.15) is 194 Å². The number of esters is 4. The van der Waals surface area contributed by atoms with E-state index in [1.807, 2.05) is 0 Å². The topological polar surface area (TPSA) is 86.7 Å². The standard InChI is InChI=1S/C36H64O6/c1-3-5-7-9-11-13-15-17-19-21-23-25-27-29-33(37)41-35(39)31-32-36(40)42-34(38)30-28-26-24-22-20-18-16-14-12-10-8-6-4-2/h31-32H,3-30H2,1-2H3. The molecule has 6 heteroatoms. The zero-order valence-electron chi connectivity index (χ0n) is 27.4. The zero-order valence-corrected chi connectivity index (χ0v) is 27.4. The number of rotatable bonds is 30. The van der Waals surface area contributed by atoms with Crippen molar-refractivity contribution in [3.05, 3.63) is 12.2 Å². The van der Waals surface area contributed by atoms with Crippen LogP contribution >= 0.6 is 0 Å². The van der Waals surface area contributed by atoms with Crippen molar-refractivity contribution in [1.29, 1.82) is 0 Å². The van der Waals surface area contributed by atoms with Gasteiger partial charge in [0.2, 0.25) is 0 Å². The molecule has 244 valence electrons. The Morgan fingerprint density at radius 2 is 0.571 bits per heavy atom. The van der Waals surface area contributed by atoms with Crippen molar-refractivity contribution in [1.82, 2.24) is 0 Å². The first-order valence-corrected chi connectivity index (χ1v) is 17.7. The Balaban J connectivity index is 3.61. The number of ether oxygens (including phenoxy) is 2. The number of carbonyl (C=O) groups excluding carboxylic acids is 4. The average Bonchev–Trinajstić information content (AvgIpc) is 2.96. The first-order chi connectivity index (χ1) is 20.5. The van der Waals surface area contributed by atoms with Gasteiger partial charge in [-0.25, -0.2) is 9.59 Å². The second kappa shape index (κ2) is 31.9. The van der Waals surface area contributed by atoms with Crippen LogP contribution in [-0.2, 0) is 28.7 Å². The van der Waals surface area contributed by atoms with Gasteiger partial charge in [-0.05, 0) is 12.8 Å². The highest BCUT2D eigenvalue weighted by Gasteiger charge is 2.11. The largest absolute Gasteiger partial charge is 0.390 e. The van der Waals surface area contributed by atoms with Crippen LogP contribution in [0.25, 0.3) is 0 Å². The third kappa shape index (κ3) is 31.0. The summed E-state index contributed by atoms with van der Waals surface area (Å²) in [7, 11) is 0. The smallest absolute Gasteiger partial charge is 0.338 e. The Morgan fingerprint density at radius 1 is 0.357 bits per heavy atom. The highest BCUT2D eigenvalue weighted by atomic mass is 16.6. The van der Waals surface area contributed by atoms with Crippen molar-refractivity contribution in [2.75, 3.05) is 0 Å². The summed E-state index contributed by atoms with van der Waals surface area (Å²) in [5.74, 6) is -3.04. The molecule has 0 rings (SSSR count). The van der Waals surface area contributed by atoms with Crippen LogP contribution in [0.15, 0.2) is 12.2 Å². The molecule has 0 unspecified atom stereocenters. The van der Waals surface area contributed by atoms with Crippen LogP contribution < -0.4 is 0 Å². The van der Waals surface area contributed by atoms with Crippen LogP contribution in [0, 0.1) is 0 Å². The predicted molar refractivity (Wildman–Crippen MR) is 172 cm³/mol. The van der Waals surface area contributed by atoms with E-state index in [9.17, 15) is 19.2 Å². The van der Waals surface area contributed by atoms with Gasteiger partial charge < -0.3 is 9.47 Å². The van der Waals surface area contributed by atoms with E-state index in [0.717, 1.165) is 37.8 Å². The maximum atomic E-state index is 11.8. The Labute approximate surface area is 258 Å². The van der Waals surface area contributed by atoms with E-state index >= 15 is 0 Å². The molecular formula is C36H64O6. The average molecular weight is 593 g/mol. The third-order valence-corrected chi connectivity index (χ3v) is 7.75. The molecule has 42 heavy (non-hydrogen) atoms. The lowest BCUT2D eigenvalue weighted by Gasteiger charge is -2.03. The molecule has 6 nitrogen and oxygen atoms in total. The summed E-state index contributed by atoms with van der Waals surface area (Å²) in [6.07, 6.45) is 33.6. The Morgan fingerprint density at radius 3 is 0.810 bits per heavy atom. The van der Waals surface area contributed by atoms with E-state index in [4.69, 9.17) is 9.47 Å². The van der Waals surface area contributed by atoms with Crippen LogP contribution in [0.4, 0.5) is 0 Å². The summed E-state index contributed by atoms with van der Waals surface area (Å²) in [6.45, 7) is 4.49. The van der Waals surface area contributed by atoms with Crippen LogP contribution in [0.5, 0.6) is 0 Å². The van der Waals surface area contributed by atoms with Crippen molar-refractivity contribution in [2.45, 2.75) is 194 Å². The Kier molecular flexibility index (Phi) is 30.4. The van der Waals surface area contributed by atoms with Crippen molar-refractivity contribution in [2.24, 2.45) is 0 Å². The molecule has 0 bridgehead atoms. The van der Waals surface area contributed by atoms with E-state index in [-0.39, 0.29) is 12.8 Å². The summed E-state index contributed by atoms with van der Waals surface area (Å²) < 4.78 is 9.42. The molecule has 0 aliphatic rings. The van der Waals surface area contributed by atoms with E-state index in [0.29, 0.717) is 12.8 Å².